The third kappa shape index (κ3) is 140. The summed E-state index contributed by atoms with van der Waals surface area (Å²) in [4.78, 5) is 25.6. The molecule has 0 bridgehead atoms. The smallest absolute Gasteiger partial charge is 1.00 e. The van der Waals surface area contributed by atoms with Crippen molar-refractivity contribution >= 4 is 7.82 Å². The topological polar surface area (TPSA) is 86.2 Å². The van der Waals surface area contributed by atoms with Crippen molar-refractivity contribution < 1.29 is 90.9 Å². The number of hydrogen-bond acceptors (Lipinski definition) is 4. The molecule has 0 aromatic carbocycles. The minimum atomic E-state index is -5.39. The van der Waals surface area contributed by atoms with E-state index in [0.29, 0.717) is 0 Å². The van der Waals surface area contributed by atoms with Gasteiger partial charge in [-0.2, -0.15) is 7.82 Å². The monoisotopic (exact) mass is 195 g/mol. The van der Waals surface area contributed by atoms with Crippen molar-refractivity contribution in [3.63, 3.8) is 0 Å². The quantitative estimate of drug-likeness (QED) is 0.283. The van der Waals surface area contributed by atoms with Crippen LogP contribution in [0.15, 0.2) is 0 Å². The van der Waals surface area contributed by atoms with Gasteiger partial charge >= 0.3 is 48.4 Å². The van der Waals surface area contributed by atoms with Crippen LogP contribution in [0, 0.1) is 0 Å². The Bertz CT molecular complexity index is 66.7. The van der Waals surface area contributed by atoms with Crippen LogP contribution in [0.2, 0.25) is 0 Å². The van der Waals surface area contributed by atoms with Gasteiger partial charge in [0.1, 0.15) is 0 Å². The predicted molar refractivity (Wildman–Crippen MR) is 7.61 cm³/mol. The first-order chi connectivity index (χ1) is 2.00. The molecule has 45 valence electrons. The number of phosphoric acid groups is 1. The van der Waals surface area contributed by atoms with Crippen molar-refractivity contribution in [1.29, 1.82) is 0 Å². The molecule has 0 aliphatic heterocycles. The van der Waals surface area contributed by atoms with Crippen molar-refractivity contribution in [3.8, 4) is 0 Å². The maximum absolute atomic E-state index is 8.55. The fourth-order valence-corrected chi connectivity index (χ4v) is 0. The Labute approximate surface area is 97.8 Å². The summed E-state index contributed by atoms with van der Waals surface area (Å²) in [5.74, 6) is 0. The second-order valence-electron chi connectivity index (χ2n) is 0.447. The summed E-state index contributed by atoms with van der Waals surface area (Å²) in [5, 5.41) is 0. The van der Waals surface area contributed by atoms with Gasteiger partial charge in [-0.25, -0.2) is 0 Å². The Morgan fingerprint density at radius 1 is 1.11 bits per heavy atom. The van der Waals surface area contributed by atoms with Crippen LogP contribution in [0.4, 0.5) is 0 Å². The van der Waals surface area contributed by atoms with Crippen LogP contribution in [-0.2, 0) is 23.1 Å². The average molecular weight is 195 g/mol. The van der Waals surface area contributed by atoms with Crippen LogP contribution in [-0.4, -0.2) is 0 Å². The zero-order valence-corrected chi connectivity index (χ0v) is 9.20. The van der Waals surface area contributed by atoms with E-state index in [4.69, 9.17) is 19.2 Å². The summed E-state index contributed by atoms with van der Waals surface area (Å²) in [7, 11) is -5.39. The van der Waals surface area contributed by atoms with Crippen LogP contribution in [0.25, 0.3) is 0 Å². The van der Waals surface area contributed by atoms with E-state index in [1.807, 2.05) is 0 Å². The third-order valence-electron chi connectivity index (χ3n) is 0. The van der Waals surface area contributed by atoms with E-state index in [9.17, 15) is 0 Å². The Morgan fingerprint density at radius 3 is 1.11 bits per heavy atom. The van der Waals surface area contributed by atoms with Gasteiger partial charge in [-0.3, -0.25) is 0 Å². The zero-order chi connectivity index (χ0) is 4.50. The second kappa shape index (κ2) is 12.9. The second-order valence-corrected chi connectivity index (χ2v) is 1.34. The van der Waals surface area contributed by atoms with Crippen LogP contribution in [0.3, 0.4) is 0 Å². The van der Waals surface area contributed by atoms with Gasteiger partial charge in [0.2, 0.25) is 0 Å². The van der Waals surface area contributed by atoms with Crippen molar-refractivity contribution in [3.05, 3.63) is 0 Å². The fourth-order valence-electron chi connectivity index (χ4n) is 0. The average Bonchev–Trinajstić information content (AvgIpc) is 0.722. The van der Waals surface area contributed by atoms with Crippen LogP contribution >= 0.6 is 7.82 Å². The van der Waals surface area contributed by atoms with Gasteiger partial charge in [-0.15, -0.1) is 0 Å². The summed E-state index contributed by atoms with van der Waals surface area (Å²) in [6, 6.07) is 0. The molecule has 0 amide bonds. The molecule has 0 aliphatic rings. The molecule has 0 unspecified atom stereocenters. The maximum atomic E-state index is 8.55. The normalized spacial score (nSPS) is 6.56. The third-order valence-corrected chi connectivity index (χ3v) is 0. The van der Waals surface area contributed by atoms with E-state index < -0.39 is 7.82 Å². The first kappa shape index (κ1) is 30.3. The first-order valence-corrected chi connectivity index (χ1v) is 2.19. The molecule has 0 aliphatic carbocycles. The number of hydrogen-bond donors (Lipinski definition) is 0. The van der Waals surface area contributed by atoms with E-state index in [1.54, 1.807) is 0 Å². The van der Waals surface area contributed by atoms with Gasteiger partial charge in [0.25, 0.3) is 0 Å². The van der Waals surface area contributed by atoms with Gasteiger partial charge in [0.15, 0.2) is 0 Å². The SMILES string of the molecule is O=P([O-])([O-])[O-].[F-].[Li+].[Na+].[V]. The van der Waals surface area contributed by atoms with Crippen LogP contribution in [0.5, 0.6) is 0 Å². The molecule has 0 heterocycles. The van der Waals surface area contributed by atoms with E-state index in [-0.39, 0.29) is 71.7 Å². The minimum absolute atomic E-state index is 0. The molecular weight excluding hydrogens is 195 g/mol. The molecule has 0 aromatic rings. The first-order valence-electron chi connectivity index (χ1n) is 0.730. The molecule has 0 spiro atoms. The van der Waals surface area contributed by atoms with Gasteiger partial charge in [0.05, 0.1) is 0 Å². The van der Waals surface area contributed by atoms with Crippen LogP contribution in [0.1, 0.15) is 0 Å². The van der Waals surface area contributed by atoms with Crippen molar-refractivity contribution in [1.82, 2.24) is 0 Å². The molecule has 0 aromatic heterocycles. The molecule has 0 saturated heterocycles. The molecular formula is FLiNaO4PV-2. The maximum Gasteiger partial charge on any atom is 1.00 e. The Morgan fingerprint density at radius 2 is 1.11 bits per heavy atom. The van der Waals surface area contributed by atoms with Gasteiger partial charge in [-0.1, -0.05) is 0 Å². The Balaban J connectivity index is -0.0000000133. The molecule has 4 nitrogen and oxygen atoms in total. The van der Waals surface area contributed by atoms with Gasteiger partial charge in [-0.05, 0) is 0 Å². The molecule has 0 atom stereocenters. The number of rotatable bonds is 0. The van der Waals surface area contributed by atoms with Crippen molar-refractivity contribution in [2.24, 2.45) is 0 Å². The Hall–Kier alpha value is 2.22. The largest absolute Gasteiger partial charge is 1.00 e. The van der Waals surface area contributed by atoms with E-state index in [2.05, 4.69) is 0 Å². The standard InChI is InChI=1S/FH.Li.Na.H3O4P.V/c;;;1-5(2,3)4;/h1H;;;(H3,1,2,3,4);/q;2*+1;;/p-4. The zero-order valence-electron chi connectivity index (χ0n) is 4.91. The van der Waals surface area contributed by atoms with E-state index in [0.717, 1.165) is 0 Å². The van der Waals surface area contributed by atoms with E-state index in [1.165, 1.54) is 0 Å². The molecule has 0 saturated carbocycles. The summed E-state index contributed by atoms with van der Waals surface area (Å²) >= 11 is 0. The van der Waals surface area contributed by atoms with Gasteiger partial charge < -0.3 is 23.9 Å². The van der Waals surface area contributed by atoms with Gasteiger partial charge in [0, 0.05) is 18.6 Å². The summed E-state index contributed by atoms with van der Waals surface area (Å²) < 4.78 is 8.55. The molecule has 9 heavy (non-hydrogen) atoms. The number of halogens is 1. The minimum Gasteiger partial charge on any atom is -1.00 e. The van der Waals surface area contributed by atoms with Crippen molar-refractivity contribution in [2.75, 3.05) is 0 Å². The summed E-state index contributed by atoms with van der Waals surface area (Å²) in [6.07, 6.45) is 0. The predicted octanol–water partition coefficient (Wildman–Crippen LogP) is -11.8. The molecule has 1 radical (unpaired) electrons. The van der Waals surface area contributed by atoms with E-state index >= 15 is 0 Å². The molecule has 0 N–H and O–H groups in total. The summed E-state index contributed by atoms with van der Waals surface area (Å²) in [6.45, 7) is 0. The van der Waals surface area contributed by atoms with Crippen molar-refractivity contribution in [2.45, 2.75) is 0 Å². The molecule has 0 fully saturated rings. The molecule has 9 heteroatoms. The fraction of sp³-hybridized carbons (Fsp3) is 0. The summed E-state index contributed by atoms with van der Waals surface area (Å²) in [5.41, 5.74) is 0. The Kier molecular flexibility index (Phi) is 43.3. The van der Waals surface area contributed by atoms with Crippen LogP contribution < -0.4 is 67.8 Å². The molecule has 0 rings (SSSR count).